The van der Waals surface area contributed by atoms with Gasteiger partial charge in [-0.2, -0.15) is 0 Å². The van der Waals surface area contributed by atoms with E-state index in [0.717, 1.165) is 11.8 Å². The SMILES string of the molecule is CC(C)C1CCCN(CCN2CCCNCC2)CC1. The summed E-state index contributed by atoms with van der Waals surface area (Å²) in [7, 11) is 0. The molecule has 0 aliphatic carbocycles. The van der Waals surface area contributed by atoms with Gasteiger partial charge in [-0.05, 0) is 63.7 Å². The zero-order valence-corrected chi connectivity index (χ0v) is 13.0. The molecule has 1 N–H and O–H groups in total. The molecule has 2 aliphatic heterocycles. The van der Waals surface area contributed by atoms with Gasteiger partial charge < -0.3 is 15.1 Å². The summed E-state index contributed by atoms with van der Waals surface area (Å²) in [6.07, 6.45) is 5.58. The lowest BCUT2D eigenvalue weighted by molar-refractivity contribution is 0.211. The normalized spacial score (nSPS) is 28.3. The molecule has 112 valence electrons. The highest BCUT2D eigenvalue weighted by Gasteiger charge is 2.19. The van der Waals surface area contributed by atoms with Crippen molar-refractivity contribution in [2.24, 2.45) is 11.8 Å². The summed E-state index contributed by atoms with van der Waals surface area (Å²) in [6, 6.07) is 0. The average Bonchev–Trinajstić information content (AvgIpc) is 2.79. The van der Waals surface area contributed by atoms with E-state index in [2.05, 4.69) is 29.0 Å². The average molecular weight is 267 g/mol. The number of rotatable bonds is 4. The van der Waals surface area contributed by atoms with Crippen LogP contribution in [0.3, 0.4) is 0 Å². The highest BCUT2D eigenvalue weighted by molar-refractivity contribution is 4.74. The Bertz CT molecular complexity index is 234. The van der Waals surface area contributed by atoms with Gasteiger partial charge in [0.1, 0.15) is 0 Å². The quantitative estimate of drug-likeness (QED) is 0.841. The number of nitrogens with one attached hydrogen (secondary N) is 1. The van der Waals surface area contributed by atoms with Crippen molar-refractivity contribution in [1.82, 2.24) is 15.1 Å². The standard InChI is InChI=1S/C16H33N3/c1-15(2)16-5-3-9-18(11-6-16)13-14-19-10-4-7-17-8-12-19/h15-17H,3-14H2,1-2H3. The molecule has 0 spiro atoms. The van der Waals surface area contributed by atoms with E-state index in [9.17, 15) is 0 Å². The number of likely N-dealkylation sites (tertiary alicyclic amines) is 1. The summed E-state index contributed by atoms with van der Waals surface area (Å²) in [5, 5.41) is 3.49. The summed E-state index contributed by atoms with van der Waals surface area (Å²) < 4.78 is 0. The van der Waals surface area contributed by atoms with Gasteiger partial charge in [-0.25, -0.2) is 0 Å². The molecule has 0 aromatic carbocycles. The third kappa shape index (κ3) is 5.41. The van der Waals surface area contributed by atoms with Crippen LogP contribution in [0, 0.1) is 11.8 Å². The lowest BCUT2D eigenvalue weighted by atomic mass is 9.89. The molecule has 0 amide bonds. The van der Waals surface area contributed by atoms with Crippen LogP contribution in [-0.2, 0) is 0 Å². The second-order valence-electron chi connectivity index (χ2n) is 6.72. The van der Waals surface area contributed by atoms with Crippen LogP contribution in [-0.4, -0.2) is 62.2 Å². The third-order valence-electron chi connectivity index (χ3n) is 4.97. The van der Waals surface area contributed by atoms with Crippen LogP contribution in [0.5, 0.6) is 0 Å². The molecule has 0 bridgehead atoms. The van der Waals surface area contributed by atoms with Gasteiger partial charge in [0.2, 0.25) is 0 Å². The Morgan fingerprint density at radius 1 is 0.895 bits per heavy atom. The van der Waals surface area contributed by atoms with Crippen molar-refractivity contribution < 1.29 is 0 Å². The van der Waals surface area contributed by atoms with Crippen LogP contribution in [0.2, 0.25) is 0 Å². The Morgan fingerprint density at radius 2 is 1.63 bits per heavy atom. The number of hydrogen-bond donors (Lipinski definition) is 1. The first kappa shape index (κ1) is 15.3. The predicted octanol–water partition coefficient (Wildman–Crippen LogP) is 2.04. The zero-order valence-electron chi connectivity index (χ0n) is 13.0. The molecule has 0 aromatic rings. The van der Waals surface area contributed by atoms with E-state index < -0.39 is 0 Å². The number of hydrogen-bond acceptors (Lipinski definition) is 3. The molecule has 2 aliphatic rings. The van der Waals surface area contributed by atoms with Crippen molar-refractivity contribution >= 4 is 0 Å². The minimum absolute atomic E-state index is 0.872. The fourth-order valence-corrected chi connectivity index (χ4v) is 3.48. The highest BCUT2D eigenvalue weighted by Crippen LogP contribution is 2.24. The lowest BCUT2D eigenvalue weighted by Gasteiger charge is -2.26. The monoisotopic (exact) mass is 267 g/mol. The molecule has 3 nitrogen and oxygen atoms in total. The van der Waals surface area contributed by atoms with Gasteiger partial charge in [0.15, 0.2) is 0 Å². The number of nitrogens with zero attached hydrogens (tertiary/aromatic N) is 2. The van der Waals surface area contributed by atoms with E-state index in [1.165, 1.54) is 78.0 Å². The maximum absolute atomic E-state index is 3.49. The Morgan fingerprint density at radius 3 is 2.42 bits per heavy atom. The highest BCUT2D eigenvalue weighted by atomic mass is 15.2. The van der Waals surface area contributed by atoms with Crippen molar-refractivity contribution in [2.45, 2.75) is 39.5 Å². The van der Waals surface area contributed by atoms with E-state index in [0.29, 0.717) is 0 Å². The molecule has 0 radical (unpaired) electrons. The molecular formula is C16H33N3. The molecule has 1 atom stereocenters. The summed E-state index contributed by atoms with van der Waals surface area (Å²) in [6.45, 7) is 14.9. The third-order valence-corrected chi connectivity index (χ3v) is 4.97. The molecule has 3 heteroatoms. The first-order valence-electron chi connectivity index (χ1n) is 8.41. The van der Waals surface area contributed by atoms with Gasteiger partial charge in [-0.1, -0.05) is 13.8 Å². The van der Waals surface area contributed by atoms with E-state index in [-0.39, 0.29) is 0 Å². The fourth-order valence-electron chi connectivity index (χ4n) is 3.48. The summed E-state index contributed by atoms with van der Waals surface area (Å²) in [4.78, 5) is 5.35. The lowest BCUT2D eigenvalue weighted by Crippen LogP contribution is -2.37. The van der Waals surface area contributed by atoms with Gasteiger partial charge >= 0.3 is 0 Å². The molecule has 2 rings (SSSR count). The van der Waals surface area contributed by atoms with Crippen LogP contribution < -0.4 is 5.32 Å². The summed E-state index contributed by atoms with van der Waals surface area (Å²) in [5.74, 6) is 1.84. The minimum atomic E-state index is 0.872. The Labute approximate surface area is 119 Å². The molecule has 1 unspecified atom stereocenters. The van der Waals surface area contributed by atoms with E-state index in [1.807, 2.05) is 0 Å². The fraction of sp³-hybridized carbons (Fsp3) is 1.00. The van der Waals surface area contributed by atoms with Crippen molar-refractivity contribution in [3.8, 4) is 0 Å². The van der Waals surface area contributed by atoms with Crippen LogP contribution in [0.15, 0.2) is 0 Å². The maximum Gasteiger partial charge on any atom is 0.0110 e. The van der Waals surface area contributed by atoms with Crippen molar-refractivity contribution in [2.75, 3.05) is 52.4 Å². The van der Waals surface area contributed by atoms with E-state index >= 15 is 0 Å². The van der Waals surface area contributed by atoms with Gasteiger partial charge in [0.25, 0.3) is 0 Å². The van der Waals surface area contributed by atoms with Crippen LogP contribution in [0.4, 0.5) is 0 Å². The van der Waals surface area contributed by atoms with Crippen LogP contribution in [0.25, 0.3) is 0 Å². The Kier molecular flexibility index (Phi) is 6.62. The van der Waals surface area contributed by atoms with Crippen LogP contribution >= 0.6 is 0 Å². The molecule has 2 saturated heterocycles. The predicted molar refractivity (Wildman–Crippen MR) is 82.5 cm³/mol. The van der Waals surface area contributed by atoms with Crippen molar-refractivity contribution in [3.05, 3.63) is 0 Å². The van der Waals surface area contributed by atoms with Crippen LogP contribution in [0.1, 0.15) is 39.5 Å². The van der Waals surface area contributed by atoms with Gasteiger partial charge in [0.05, 0.1) is 0 Å². The first-order valence-corrected chi connectivity index (χ1v) is 8.41. The zero-order chi connectivity index (χ0) is 13.5. The minimum Gasteiger partial charge on any atom is -0.315 e. The molecule has 2 fully saturated rings. The largest absolute Gasteiger partial charge is 0.315 e. The smallest absolute Gasteiger partial charge is 0.0110 e. The van der Waals surface area contributed by atoms with E-state index in [4.69, 9.17) is 0 Å². The van der Waals surface area contributed by atoms with Gasteiger partial charge in [-0.3, -0.25) is 0 Å². The molecule has 2 heterocycles. The molecular weight excluding hydrogens is 234 g/mol. The Hall–Kier alpha value is -0.120. The topological polar surface area (TPSA) is 18.5 Å². The van der Waals surface area contributed by atoms with Crippen molar-refractivity contribution in [1.29, 1.82) is 0 Å². The maximum atomic E-state index is 3.49. The van der Waals surface area contributed by atoms with Crippen molar-refractivity contribution in [3.63, 3.8) is 0 Å². The Balaban J connectivity index is 1.67. The molecule has 19 heavy (non-hydrogen) atoms. The second kappa shape index (κ2) is 8.23. The molecule has 0 saturated carbocycles. The van der Waals surface area contributed by atoms with Gasteiger partial charge in [-0.15, -0.1) is 0 Å². The molecule has 0 aromatic heterocycles. The van der Waals surface area contributed by atoms with E-state index in [1.54, 1.807) is 0 Å². The van der Waals surface area contributed by atoms with Gasteiger partial charge in [0, 0.05) is 26.2 Å². The summed E-state index contributed by atoms with van der Waals surface area (Å²) in [5.41, 5.74) is 0. The summed E-state index contributed by atoms with van der Waals surface area (Å²) >= 11 is 0. The first-order chi connectivity index (χ1) is 9.25. The second-order valence-corrected chi connectivity index (χ2v) is 6.72.